The molecule has 140 valence electrons. The Labute approximate surface area is 159 Å². The Hall–Kier alpha value is -3.08. The van der Waals surface area contributed by atoms with Gasteiger partial charge < -0.3 is 15.0 Å². The monoisotopic (exact) mass is 364 g/mol. The van der Waals surface area contributed by atoms with Crippen LogP contribution in [0.1, 0.15) is 35.2 Å². The third-order valence-corrected chi connectivity index (χ3v) is 4.57. The van der Waals surface area contributed by atoms with E-state index >= 15 is 0 Å². The summed E-state index contributed by atoms with van der Waals surface area (Å²) in [6, 6.07) is 11.0. The number of para-hydroxylation sites is 1. The van der Waals surface area contributed by atoms with Crippen LogP contribution in [0.15, 0.2) is 49.1 Å². The molecule has 2 aromatic rings. The molecule has 0 aromatic heterocycles. The number of aryl methyl sites for hydroxylation is 2. The summed E-state index contributed by atoms with van der Waals surface area (Å²) in [6.45, 7) is 9.85. The smallest absolute Gasteiger partial charge is 0.254 e. The number of benzene rings is 2. The Balaban J connectivity index is 2.01. The van der Waals surface area contributed by atoms with Gasteiger partial charge in [-0.2, -0.15) is 0 Å². The van der Waals surface area contributed by atoms with Crippen molar-refractivity contribution in [1.29, 1.82) is 0 Å². The molecule has 1 N–H and O–H groups in total. The number of anilines is 1. The van der Waals surface area contributed by atoms with Crippen molar-refractivity contribution in [2.24, 2.45) is 0 Å². The highest BCUT2D eigenvalue weighted by atomic mass is 16.5. The van der Waals surface area contributed by atoms with Gasteiger partial charge in [0.2, 0.25) is 5.91 Å². The third-order valence-electron chi connectivity index (χ3n) is 4.57. The highest BCUT2D eigenvalue weighted by molar-refractivity contribution is 6.06. The first-order valence-electron chi connectivity index (χ1n) is 8.93. The summed E-state index contributed by atoms with van der Waals surface area (Å²) < 4.78 is 5.73. The standard InChI is InChI=1S/C22H24N2O3/c1-5-10-27-19-9-7-6-8-17(19)13-24-21-15(3)11-14(2)12-18(21)20(22(24)26)23-16(4)25/h5-9,11-12,20H,1,10,13H2,2-4H3,(H,23,25)/t20-/m0/s1. The van der Waals surface area contributed by atoms with E-state index in [1.54, 1.807) is 11.0 Å². The van der Waals surface area contributed by atoms with E-state index in [-0.39, 0.29) is 11.8 Å². The molecule has 0 bridgehead atoms. The summed E-state index contributed by atoms with van der Waals surface area (Å²) in [7, 11) is 0. The molecule has 1 aliphatic heterocycles. The fourth-order valence-electron chi connectivity index (χ4n) is 3.57. The summed E-state index contributed by atoms with van der Waals surface area (Å²) >= 11 is 0. The SMILES string of the molecule is C=CCOc1ccccc1CN1C(=O)[C@@H](NC(C)=O)c2cc(C)cc(C)c21. The molecule has 27 heavy (non-hydrogen) atoms. The van der Waals surface area contributed by atoms with Crippen LogP contribution in [0.5, 0.6) is 5.75 Å². The molecule has 0 fully saturated rings. The van der Waals surface area contributed by atoms with Gasteiger partial charge in [0, 0.05) is 18.1 Å². The summed E-state index contributed by atoms with van der Waals surface area (Å²) in [5.41, 5.74) is 4.68. The summed E-state index contributed by atoms with van der Waals surface area (Å²) in [6.07, 6.45) is 1.69. The quantitative estimate of drug-likeness (QED) is 0.797. The van der Waals surface area contributed by atoms with Crippen LogP contribution in [0.25, 0.3) is 0 Å². The predicted molar refractivity (Wildman–Crippen MR) is 106 cm³/mol. The second kappa shape index (κ2) is 7.66. The maximum absolute atomic E-state index is 13.1. The van der Waals surface area contributed by atoms with Crippen LogP contribution >= 0.6 is 0 Å². The van der Waals surface area contributed by atoms with Crippen molar-refractivity contribution in [3.05, 3.63) is 71.3 Å². The second-order valence-corrected chi connectivity index (χ2v) is 6.78. The minimum absolute atomic E-state index is 0.132. The first-order valence-corrected chi connectivity index (χ1v) is 8.93. The maximum atomic E-state index is 13.1. The lowest BCUT2D eigenvalue weighted by molar-refractivity contribution is -0.126. The van der Waals surface area contributed by atoms with Gasteiger partial charge in [0.15, 0.2) is 0 Å². The molecule has 2 aromatic carbocycles. The number of hydrogen-bond acceptors (Lipinski definition) is 3. The first kappa shape index (κ1) is 18.7. The molecule has 0 saturated heterocycles. The van der Waals surface area contributed by atoms with Crippen LogP contribution in [0.3, 0.4) is 0 Å². The summed E-state index contributed by atoms with van der Waals surface area (Å²) in [5, 5.41) is 2.79. The summed E-state index contributed by atoms with van der Waals surface area (Å²) in [4.78, 5) is 26.5. The molecular weight excluding hydrogens is 340 g/mol. The van der Waals surface area contributed by atoms with Crippen LogP contribution in [0, 0.1) is 13.8 Å². The normalized spacial score (nSPS) is 15.4. The number of nitrogens with zero attached hydrogens (tertiary/aromatic N) is 1. The highest BCUT2D eigenvalue weighted by Gasteiger charge is 2.39. The largest absolute Gasteiger partial charge is 0.489 e. The van der Waals surface area contributed by atoms with Crippen molar-refractivity contribution in [2.45, 2.75) is 33.4 Å². The topological polar surface area (TPSA) is 58.6 Å². The number of nitrogens with one attached hydrogen (secondary N) is 1. The third kappa shape index (κ3) is 3.72. The Bertz CT molecular complexity index is 904. The zero-order valence-corrected chi connectivity index (χ0v) is 15.9. The fraction of sp³-hybridized carbons (Fsp3) is 0.273. The second-order valence-electron chi connectivity index (χ2n) is 6.78. The number of hydrogen-bond donors (Lipinski definition) is 1. The molecule has 0 saturated carbocycles. The van der Waals surface area contributed by atoms with Gasteiger partial charge in [0.1, 0.15) is 18.4 Å². The van der Waals surface area contributed by atoms with E-state index < -0.39 is 6.04 Å². The van der Waals surface area contributed by atoms with Crippen molar-refractivity contribution >= 4 is 17.5 Å². The Morgan fingerprint density at radius 1 is 1.30 bits per heavy atom. The molecule has 0 unspecified atom stereocenters. The van der Waals surface area contributed by atoms with E-state index in [0.717, 1.165) is 33.7 Å². The van der Waals surface area contributed by atoms with Crippen LogP contribution in [-0.4, -0.2) is 18.4 Å². The molecular formula is C22H24N2O3. The van der Waals surface area contributed by atoms with E-state index in [4.69, 9.17) is 4.74 Å². The average Bonchev–Trinajstić information content (AvgIpc) is 2.86. The maximum Gasteiger partial charge on any atom is 0.254 e. The molecule has 5 heteroatoms. The lowest BCUT2D eigenvalue weighted by atomic mass is 10.0. The van der Waals surface area contributed by atoms with Crippen molar-refractivity contribution < 1.29 is 14.3 Å². The van der Waals surface area contributed by atoms with Gasteiger partial charge in [0.05, 0.1) is 12.2 Å². The minimum Gasteiger partial charge on any atom is -0.489 e. The van der Waals surface area contributed by atoms with Gasteiger partial charge in [0.25, 0.3) is 5.91 Å². The highest BCUT2D eigenvalue weighted by Crippen LogP contribution is 2.40. The number of rotatable bonds is 6. The van der Waals surface area contributed by atoms with E-state index in [0.29, 0.717) is 13.2 Å². The lowest BCUT2D eigenvalue weighted by Gasteiger charge is -2.21. The lowest BCUT2D eigenvalue weighted by Crippen LogP contribution is -2.36. The fourth-order valence-corrected chi connectivity index (χ4v) is 3.57. The van der Waals surface area contributed by atoms with Crippen molar-refractivity contribution in [1.82, 2.24) is 5.32 Å². The molecule has 0 radical (unpaired) electrons. The number of ether oxygens (including phenoxy) is 1. The van der Waals surface area contributed by atoms with Gasteiger partial charge in [-0.3, -0.25) is 9.59 Å². The van der Waals surface area contributed by atoms with Crippen LogP contribution in [0.4, 0.5) is 5.69 Å². The van der Waals surface area contributed by atoms with Gasteiger partial charge in [-0.15, -0.1) is 0 Å². The molecule has 2 amide bonds. The van der Waals surface area contributed by atoms with Crippen molar-refractivity contribution in [3.8, 4) is 5.75 Å². The summed E-state index contributed by atoms with van der Waals surface area (Å²) in [5.74, 6) is 0.363. The Kier molecular flexibility index (Phi) is 5.31. The number of amides is 2. The van der Waals surface area contributed by atoms with E-state index in [9.17, 15) is 9.59 Å². The van der Waals surface area contributed by atoms with Gasteiger partial charge in [-0.1, -0.05) is 48.6 Å². The number of fused-ring (bicyclic) bond motifs is 1. The van der Waals surface area contributed by atoms with Crippen LogP contribution < -0.4 is 15.0 Å². The molecule has 3 rings (SSSR count). The first-order chi connectivity index (χ1) is 12.9. The van der Waals surface area contributed by atoms with E-state index in [2.05, 4.69) is 18.0 Å². The molecule has 5 nitrogen and oxygen atoms in total. The van der Waals surface area contributed by atoms with Crippen molar-refractivity contribution in [3.63, 3.8) is 0 Å². The molecule has 0 spiro atoms. The van der Waals surface area contributed by atoms with Gasteiger partial charge >= 0.3 is 0 Å². The molecule has 1 heterocycles. The Morgan fingerprint density at radius 2 is 2.04 bits per heavy atom. The minimum atomic E-state index is -0.655. The van der Waals surface area contributed by atoms with E-state index in [1.807, 2.05) is 44.2 Å². The zero-order valence-electron chi connectivity index (χ0n) is 15.9. The van der Waals surface area contributed by atoms with Gasteiger partial charge in [-0.05, 0) is 25.5 Å². The average molecular weight is 364 g/mol. The predicted octanol–water partition coefficient (Wildman–Crippen LogP) is 3.59. The molecule has 0 aliphatic carbocycles. The number of carbonyl (C=O) groups excluding carboxylic acids is 2. The van der Waals surface area contributed by atoms with E-state index in [1.165, 1.54) is 6.92 Å². The Morgan fingerprint density at radius 3 is 2.74 bits per heavy atom. The van der Waals surface area contributed by atoms with Crippen molar-refractivity contribution in [2.75, 3.05) is 11.5 Å². The van der Waals surface area contributed by atoms with Crippen LogP contribution in [-0.2, 0) is 16.1 Å². The zero-order chi connectivity index (χ0) is 19.6. The van der Waals surface area contributed by atoms with Gasteiger partial charge in [-0.25, -0.2) is 0 Å². The molecule has 1 aliphatic rings. The number of carbonyl (C=O) groups is 2. The van der Waals surface area contributed by atoms with Crippen LogP contribution in [0.2, 0.25) is 0 Å². The molecule has 1 atom stereocenters.